The molecule has 1 aromatic carbocycles. The number of alkyl halides is 6. The maximum Gasteiger partial charge on any atom is 0.490 e. The van der Waals surface area contributed by atoms with Crippen molar-refractivity contribution in [3.63, 3.8) is 0 Å². The van der Waals surface area contributed by atoms with E-state index in [1.54, 1.807) is 7.11 Å². The highest BCUT2D eigenvalue weighted by atomic mass is 19.4. The minimum absolute atomic E-state index is 0.189. The Kier molecular flexibility index (Phi) is 11.3. The summed E-state index contributed by atoms with van der Waals surface area (Å²) in [4.78, 5) is 20.2. The summed E-state index contributed by atoms with van der Waals surface area (Å²) < 4.78 is 83.9. The van der Waals surface area contributed by atoms with Crippen LogP contribution in [0.15, 0.2) is 30.5 Å². The molecule has 2 aromatic rings. The van der Waals surface area contributed by atoms with Gasteiger partial charge < -0.3 is 14.9 Å². The van der Waals surface area contributed by atoms with Crippen molar-refractivity contribution in [2.75, 3.05) is 20.3 Å². The second-order valence-electron chi connectivity index (χ2n) is 7.45. The fourth-order valence-corrected chi connectivity index (χ4v) is 3.11. The molecule has 0 saturated carbocycles. The number of aryl methyl sites for hydroxylation is 1. The molecule has 1 aliphatic heterocycles. The van der Waals surface area contributed by atoms with Gasteiger partial charge in [-0.2, -0.15) is 31.4 Å². The topological polar surface area (TPSA) is 105 Å². The van der Waals surface area contributed by atoms with Gasteiger partial charge in [0.25, 0.3) is 0 Å². The Balaban J connectivity index is 0.000000383. The summed E-state index contributed by atoms with van der Waals surface area (Å²) in [5, 5.41) is 18.9. The number of methoxy groups -OCH3 is 1. The molecule has 0 aliphatic carbocycles. The summed E-state index contributed by atoms with van der Waals surface area (Å²) in [7, 11) is 1.73. The van der Waals surface area contributed by atoms with E-state index in [1.165, 1.54) is 23.4 Å². The largest absolute Gasteiger partial charge is 0.490 e. The first kappa shape index (κ1) is 30.8. The number of carboxylic acid groups (broad SMARTS) is 2. The minimum Gasteiger partial charge on any atom is -0.475 e. The van der Waals surface area contributed by atoms with Crippen molar-refractivity contribution < 1.29 is 55.3 Å². The fourth-order valence-electron chi connectivity index (χ4n) is 3.11. The summed E-state index contributed by atoms with van der Waals surface area (Å²) in [5.74, 6) is -5.41. The number of halogens is 7. The minimum atomic E-state index is -5.08. The zero-order valence-electron chi connectivity index (χ0n) is 19.1. The van der Waals surface area contributed by atoms with Crippen molar-refractivity contribution in [3.05, 3.63) is 53.1 Å². The normalized spacial score (nSPS) is 15.6. The van der Waals surface area contributed by atoms with Crippen LogP contribution in [0.1, 0.15) is 29.7 Å². The smallest absolute Gasteiger partial charge is 0.475 e. The maximum atomic E-state index is 13.0. The van der Waals surface area contributed by atoms with Gasteiger partial charge in [0.15, 0.2) is 0 Å². The first-order chi connectivity index (χ1) is 16.6. The molecular weight excluding hydrogens is 507 g/mol. The Hall–Kier alpha value is -3.20. The van der Waals surface area contributed by atoms with Crippen LogP contribution in [-0.2, 0) is 34.0 Å². The van der Waals surface area contributed by atoms with Gasteiger partial charge in [-0.3, -0.25) is 9.58 Å². The number of benzene rings is 1. The average Bonchev–Trinajstić information content (AvgIpc) is 3.19. The number of fused-ring (bicyclic) bond motifs is 1. The number of aromatic nitrogens is 2. The van der Waals surface area contributed by atoms with Crippen LogP contribution in [-0.4, -0.2) is 69.4 Å². The van der Waals surface area contributed by atoms with E-state index < -0.39 is 24.3 Å². The molecule has 2 heterocycles. The van der Waals surface area contributed by atoms with Crippen LogP contribution in [0, 0.1) is 5.82 Å². The van der Waals surface area contributed by atoms with Crippen LogP contribution in [0.25, 0.3) is 0 Å². The number of nitrogens with zero attached hydrogens (tertiary/aromatic N) is 3. The predicted molar refractivity (Wildman–Crippen MR) is 110 cm³/mol. The van der Waals surface area contributed by atoms with Crippen LogP contribution in [0.5, 0.6) is 0 Å². The molecule has 0 saturated heterocycles. The van der Waals surface area contributed by atoms with Crippen molar-refractivity contribution >= 4 is 11.9 Å². The molecule has 8 nitrogen and oxygen atoms in total. The van der Waals surface area contributed by atoms with Crippen LogP contribution in [0.4, 0.5) is 30.7 Å². The third-order valence-corrected chi connectivity index (χ3v) is 4.63. The summed E-state index contributed by atoms with van der Waals surface area (Å²) in [6.45, 7) is 6.27. The third-order valence-electron chi connectivity index (χ3n) is 4.63. The molecule has 3 rings (SSSR count). The van der Waals surface area contributed by atoms with Crippen LogP contribution >= 0.6 is 0 Å². The lowest BCUT2D eigenvalue weighted by molar-refractivity contribution is -0.193. The van der Waals surface area contributed by atoms with Gasteiger partial charge >= 0.3 is 24.3 Å². The van der Waals surface area contributed by atoms with Crippen molar-refractivity contribution in [2.24, 2.45) is 0 Å². The van der Waals surface area contributed by atoms with E-state index in [2.05, 4.69) is 23.1 Å². The second kappa shape index (κ2) is 13.2. The Labute approximate surface area is 200 Å². The SMILES string of the molecule is CCn1cc2c(n1)C(COC)CN(Cc1ccc(F)cc1)C2.O=C(O)C(F)(F)F.O=C(O)C(F)(F)F. The Bertz CT molecular complexity index is 967. The lowest BCUT2D eigenvalue weighted by Crippen LogP contribution is -2.34. The molecule has 0 radical (unpaired) electrons. The van der Waals surface area contributed by atoms with Gasteiger partial charge in [-0.1, -0.05) is 12.1 Å². The number of hydrogen-bond acceptors (Lipinski definition) is 5. The highest BCUT2D eigenvalue weighted by molar-refractivity contribution is 5.73. The maximum absolute atomic E-state index is 13.0. The predicted octanol–water partition coefficient (Wildman–Crippen LogP) is 4.05. The highest BCUT2D eigenvalue weighted by Gasteiger charge is 2.38. The molecule has 0 spiro atoms. The standard InChI is InChI=1S/C17H22FN3O.2C2HF3O2/c1-3-21-11-14-9-20(8-13-4-6-16(18)7-5-13)10-15(12-22-2)17(14)19-21;2*3-2(4,5)1(6)7/h4-7,11,15H,3,8-10,12H2,1-2H3;2*(H,6,7). The molecule has 1 aliphatic rings. The lowest BCUT2D eigenvalue weighted by atomic mass is 9.97. The van der Waals surface area contributed by atoms with Crippen LogP contribution in [0.2, 0.25) is 0 Å². The molecule has 15 heteroatoms. The number of ether oxygens (including phenoxy) is 1. The molecule has 2 N–H and O–H groups in total. The van der Waals surface area contributed by atoms with E-state index in [4.69, 9.17) is 24.5 Å². The van der Waals surface area contributed by atoms with E-state index >= 15 is 0 Å². The van der Waals surface area contributed by atoms with Crippen molar-refractivity contribution in [2.45, 2.75) is 44.8 Å². The van der Waals surface area contributed by atoms with Gasteiger partial charge in [-0.25, -0.2) is 14.0 Å². The monoisotopic (exact) mass is 531 g/mol. The van der Waals surface area contributed by atoms with Gasteiger partial charge in [0, 0.05) is 51.0 Å². The zero-order chi connectivity index (χ0) is 27.7. The van der Waals surface area contributed by atoms with Gasteiger partial charge in [-0.15, -0.1) is 0 Å². The van der Waals surface area contributed by atoms with Crippen LogP contribution < -0.4 is 0 Å². The quantitative estimate of drug-likeness (QED) is 0.561. The van der Waals surface area contributed by atoms with Gasteiger partial charge in [0.1, 0.15) is 5.82 Å². The lowest BCUT2D eigenvalue weighted by Gasteiger charge is -2.31. The fraction of sp³-hybridized carbons (Fsp3) is 0.476. The number of hydrogen-bond donors (Lipinski definition) is 2. The molecule has 0 bridgehead atoms. The summed E-state index contributed by atoms with van der Waals surface area (Å²) in [5.41, 5.74) is 3.57. The Morgan fingerprint density at radius 1 is 1.06 bits per heavy atom. The number of carbonyl (C=O) groups is 2. The first-order valence-corrected chi connectivity index (χ1v) is 10.2. The zero-order valence-corrected chi connectivity index (χ0v) is 19.1. The van der Waals surface area contributed by atoms with E-state index in [1.807, 2.05) is 16.8 Å². The third kappa shape index (κ3) is 10.2. The van der Waals surface area contributed by atoms with E-state index in [-0.39, 0.29) is 5.82 Å². The van der Waals surface area contributed by atoms with E-state index in [0.29, 0.717) is 12.5 Å². The molecular formula is C21H24F7N3O5. The first-order valence-electron chi connectivity index (χ1n) is 10.2. The van der Waals surface area contributed by atoms with E-state index in [0.717, 1.165) is 31.7 Å². The van der Waals surface area contributed by atoms with Gasteiger partial charge in [-0.05, 0) is 24.6 Å². The second-order valence-corrected chi connectivity index (χ2v) is 7.45. The number of carboxylic acids is 2. The van der Waals surface area contributed by atoms with Crippen LogP contribution in [0.3, 0.4) is 0 Å². The summed E-state index contributed by atoms with van der Waals surface area (Å²) in [6, 6.07) is 6.75. The molecule has 202 valence electrons. The molecule has 1 atom stereocenters. The summed E-state index contributed by atoms with van der Waals surface area (Å²) in [6.07, 6.45) is -8.03. The average molecular weight is 531 g/mol. The number of aliphatic carboxylic acids is 2. The Morgan fingerprint density at radius 3 is 1.97 bits per heavy atom. The van der Waals surface area contributed by atoms with Gasteiger partial charge in [0.2, 0.25) is 0 Å². The summed E-state index contributed by atoms with van der Waals surface area (Å²) >= 11 is 0. The van der Waals surface area contributed by atoms with Crippen molar-refractivity contribution in [3.8, 4) is 0 Å². The highest BCUT2D eigenvalue weighted by Crippen LogP contribution is 2.28. The number of rotatable bonds is 5. The molecule has 1 unspecified atom stereocenters. The van der Waals surface area contributed by atoms with Crippen molar-refractivity contribution in [1.29, 1.82) is 0 Å². The molecule has 0 fully saturated rings. The van der Waals surface area contributed by atoms with Crippen molar-refractivity contribution in [1.82, 2.24) is 14.7 Å². The molecule has 36 heavy (non-hydrogen) atoms. The molecule has 1 aromatic heterocycles. The van der Waals surface area contributed by atoms with Gasteiger partial charge in [0.05, 0.1) is 12.3 Å². The van der Waals surface area contributed by atoms with E-state index in [9.17, 15) is 30.7 Å². The molecule has 0 amide bonds. The Morgan fingerprint density at radius 2 is 1.56 bits per heavy atom.